The topological polar surface area (TPSA) is 24.5 Å². The fraction of sp³-hybridized carbons (Fsp3) is 1.00. The molecule has 3 nitrogen and oxygen atoms in total. The molecule has 1 heterocycles. The van der Waals surface area contributed by atoms with Crippen LogP contribution in [0.4, 0.5) is 0 Å². The second kappa shape index (κ2) is 10.8. The van der Waals surface area contributed by atoms with E-state index in [1.165, 1.54) is 45.1 Å². The van der Waals surface area contributed by atoms with Crippen molar-refractivity contribution in [1.29, 1.82) is 0 Å². The summed E-state index contributed by atoms with van der Waals surface area (Å²) in [7, 11) is 0. The molecule has 0 saturated carbocycles. The molecule has 0 amide bonds. The molecule has 1 aliphatic heterocycles. The largest absolute Gasteiger partial charge is 0.380 e. The number of rotatable bonds is 10. The van der Waals surface area contributed by atoms with E-state index >= 15 is 0 Å². The number of nitrogens with zero attached hydrogens (tertiary/aromatic N) is 1. The SMILES string of the molecule is CCCCOCCN1CCCCC1CNCCC. The lowest BCUT2D eigenvalue weighted by molar-refractivity contribution is 0.0703. The summed E-state index contributed by atoms with van der Waals surface area (Å²) in [6.45, 7) is 11.0. The van der Waals surface area contributed by atoms with E-state index in [0.29, 0.717) is 0 Å². The summed E-state index contributed by atoms with van der Waals surface area (Å²) < 4.78 is 5.69. The van der Waals surface area contributed by atoms with Crippen LogP contribution in [0.25, 0.3) is 0 Å². The van der Waals surface area contributed by atoms with Gasteiger partial charge in [-0.05, 0) is 38.8 Å². The van der Waals surface area contributed by atoms with Gasteiger partial charge in [0, 0.05) is 25.7 Å². The minimum Gasteiger partial charge on any atom is -0.380 e. The van der Waals surface area contributed by atoms with Crippen LogP contribution in [0, 0.1) is 0 Å². The fourth-order valence-corrected chi connectivity index (χ4v) is 2.56. The van der Waals surface area contributed by atoms with Crippen LogP contribution in [0.1, 0.15) is 52.4 Å². The average Bonchev–Trinajstić information content (AvgIpc) is 2.40. The molecule has 108 valence electrons. The Morgan fingerprint density at radius 1 is 1.17 bits per heavy atom. The molecule has 18 heavy (non-hydrogen) atoms. The van der Waals surface area contributed by atoms with Crippen LogP contribution in [-0.2, 0) is 4.74 Å². The first-order chi connectivity index (χ1) is 8.88. The van der Waals surface area contributed by atoms with Gasteiger partial charge in [-0.1, -0.05) is 26.7 Å². The van der Waals surface area contributed by atoms with Crippen molar-refractivity contribution in [3.05, 3.63) is 0 Å². The van der Waals surface area contributed by atoms with Gasteiger partial charge in [0.2, 0.25) is 0 Å². The quantitative estimate of drug-likeness (QED) is 0.608. The molecule has 0 aromatic heterocycles. The van der Waals surface area contributed by atoms with Crippen LogP contribution in [0.5, 0.6) is 0 Å². The lowest BCUT2D eigenvalue weighted by Crippen LogP contribution is -2.46. The van der Waals surface area contributed by atoms with Gasteiger partial charge in [0.1, 0.15) is 0 Å². The summed E-state index contributed by atoms with van der Waals surface area (Å²) in [6, 6.07) is 0.736. The molecule has 0 aliphatic carbocycles. The molecule has 0 spiro atoms. The van der Waals surface area contributed by atoms with Crippen LogP contribution < -0.4 is 5.32 Å². The second-order valence-corrected chi connectivity index (χ2v) is 5.36. The molecular formula is C15H32N2O. The molecule has 1 atom stereocenters. The van der Waals surface area contributed by atoms with Gasteiger partial charge in [0.25, 0.3) is 0 Å². The molecule has 1 N–H and O–H groups in total. The van der Waals surface area contributed by atoms with Crippen LogP contribution in [0.15, 0.2) is 0 Å². The van der Waals surface area contributed by atoms with Gasteiger partial charge in [0.15, 0.2) is 0 Å². The highest BCUT2D eigenvalue weighted by Gasteiger charge is 2.21. The molecule has 0 bridgehead atoms. The highest BCUT2D eigenvalue weighted by Crippen LogP contribution is 2.15. The molecule has 0 aromatic carbocycles. The van der Waals surface area contributed by atoms with Crippen molar-refractivity contribution in [2.24, 2.45) is 0 Å². The Morgan fingerprint density at radius 3 is 2.83 bits per heavy atom. The van der Waals surface area contributed by atoms with Crippen LogP contribution in [0.3, 0.4) is 0 Å². The molecule has 1 unspecified atom stereocenters. The van der Waals surface area contributed by atoms with E-state index in [9.17, 15) is 0 Å². The number of ether oxygens (including phenoxy) is 1. The monoisotopic (exact) mass is 256 g/mol. The lowest BCUT2D eigenvalue weighted by Gasteiger charge is -2.35. The Morgan fingerprint density at radius 2 is 2.06 bits per heavy atom. The van der Waals surface area contributed by atoms with E-state index in [0.717, 1.165) is 38.9 Å². The van der Waals surface area contributed by atoms with Crippen molar-refractivity contribution < 1.29 is 4.74 Å². The number of unbranched alkanes of at least 4 members (excludes halogenated alkanes) is 1. The zero-order valence-corrected chi connectivity index (χ0v) is 12.4. The van der Waals surface area contributed by atoms with E-state index in [4.69, 9.17) is 4.74 Å². The smallest absolute Gasteiger partial charge is 0.0593 e. The Kier molecular flexibility index (Phi) is 9.54. The maximum absolute atomic E-state index is 5.69. The van der Waals surface area contributed by atoms with Crippen molar-refractivity contribution in [2.75, 3.05) is 39.4 Å². The average molecular weight is 256 g/mol. The van der Waals surface area contributed by atoms with Gasteiger partial charge >= 0.3 is 0 Å². The number of piperidine rings is 1. The summed E-state index contributed by atoms with van der Waals surface area (Å²) in [5.41, 5.74) is 0. The third kappa shape index (κ3) is 6.72. The molecule has 0 aromatic rings. The third-order valence-corrected chi connectivity index (χ3v) is 3.72. The van der Waals surface area contributed by atoms with Crippen molar-refractivity contribution in [3.63, 3.8) is 0 Å². The van der Waals surface area contributed by atoms with E-state index in [2.05, 4.69) is 24.1 Å². The number of likely N-dealkylation sites (tertiary alicyclic amines) is 1. The fourth-order valence-electron chi connectivity index (χ4n) is 2.56. The highest BCUT2D eigenvalue weighted by atomic mass is 16.5. The molecule has 3 heteroatoms. The Labute approximate surface area is 113 Å². The maximum atomic E-state index is 5.69. The van der Waals surface area contributed by atoms with Gasteiger partial charge in [-0.3, -0.25) is 4.90 Å². The minimum atomic E-state index is 0.736. The number of hydrogen-bond donors (Lipinski definition) is 1. The minimum absolute atomic E-state index is 0.736. The van der Waals surface area contributed by atoms with Gasteiger partial charge in [0.05, 0.1) is 6.61 Å². The molecule has 1 aliphatic rings. The zero-order chi connectivity index (χ0) is 13.1. The van der Waals surface area contributed by atoms with Crippen molar-refractivity contribution in [2.45, 2.75) is 58.4 Å². The van der Waals surface area contributed by atoms with E-state index < -0.39 is 0 Å². The standard InChI is InChI=1S/C15H32N2O/c1-3-5-12-18-13-11-17-10-7-6-8-15(17)14-16-9-4-2/h15-16H,3-14H2,1-2H3. The predicted octanol–water partition coefficient (Wildman–Crippen LogP) is 2.66. The zero-order valence-electron chi connectivity index (χ0n) is 12.4. The van der Waals surface area contributed by atoms with Crippen LogP contribution in [-0.4, -0.2) is 50.3 Å². The van der Waals surface area contributed by atoms with Crippen LogP contribution in [0.2, 0.25) is 0 Å². The van der Waals surface area contributed by atoms with Crippen molar-refractivity contribution in [3.8, 4) is 0 Å². The number of nitrogens with one attached hydrogen (secondary N) is 1. The summed E-state index contributed by atoms with van der Waals surface area (Å²) >= 11 is 0. The summed E-state index contributed by atoms with van der Waals surface area (Å²) in [5.74, 6) is 0. The summed E-state index contributed by atoms with van der Waals surface area (Å²) in [5, 5.41) is 3.56. The van der Waals surface area contributed by atoms with E-state index in [-0.39, 0.29) is 0 Å². The molecular weight excluding hydrogens is 224 g/mol. The number of hydrogen-bond acceptors (Lipinski definition) is 3. The first kappa shape index (κ1) is 15.9. The van der Waals surface area contributed by atoms with E-state index in [1.807, 2.05) is 0 Å². The second-order valence-electron chi connectivity index (χ2n) is 5.36. The lowest BCUT2D eigenvalue weighted by atomic mass is 10.0. The highest BCUT2D eigenvalue weighted by molar-refractivity contribution is 4.78. The molecule has 1 saturated heterocycles. The van der Waals surface area contributed by atoms with Gasteiger partial charge in [-0.25, -0.2) is 0 Å². The first-order valence-corrected chi connectivity index (χ1v) is 7.91. The maximum Gasteiger partial charge on any atom is 0.0593 e. The van der Waals surface area contributed by atoms with Gasteiger partial charge < -0.3 is 10.1 Å². The van der Waals surface area contributed by atoms with E-state index in [1.54, 1.807) is 0 Å². The van der Waals surface area contributed by atoms with Gasteiger partial charge in [-0.2, -0.15) is 0 Å². The summed E-state index contributed by atoms with van der Waals surface area (Å²) in [6.07, 6.45) is 7.76. The van der Waals surface area contributed by atoms with Crippen molar-refractivity contribution in [1.82, 2.24) is 10.2 Å². The Bertz CT molecular complexity index is 187. The van der Waals surface area contributed by atoms with Crippen molar-refractivity contribution >= 4 is 0 Å². The third-order valence-electron chi connectivity index (χ3n) is 3.72. The predicted molar refractivity (Wildman–Crippen MR) is 78.1 cm³/mol. The Hall–Kier alpha value is -0.120. The summed E-state index contributed by atoms with van der Waals surface area (Å²) in [4.78, 5) is 2.62. The molecule has 1 fully saturated rings. The van der Waals surface area contributed by atoms with Gasteiger partial charge in [-0.15, -0.1) is 0 Å². The van der Waals surface area contributed by atoms with Crippen LogP contribution >= 0.6 is 0 Å². The normalized spacial score (nSPS) is 21.3. The Balaban J connectivity index is 2.13. The molecule has 0 radical (unpaired) electrons. The first-order valence-electron chi connectivity index (χ1n) is 7.91. The molecule has 1 rings (SSSR count).